The van der Waals surface area contributed by atoms with Crippen molar-refractivity contribution in [1.82, 2.24) is 20.1 Å². The van der Waals surface area contributed by atoms with Crippen molar-refractivity contribution in [3.8, 4) is 28.7 Å². The van der Waals surface area contributed by atoms with Crippen LogP contribution in [-0.4, -0.2) is 89.8 Å². The van der Waals surface area contributed by atoms with Crippen LogP contribution in [-0.2, 0) is 32.7 Å². The zero-order valence-corrected chi connectivity index (χ0v) is 32.0. The number of para-hydroxylation sites is 1. The number of phenols is 1. The van der Waals surface area contributed by atoms with Gasteiger partial charge in [-0.2, -0.15) is 0 Å². The molecule has 1 aromatic heterocycles. The van der Waals surface area contributed by atoms with E-state index in [9.17, 15) is 14.7 Å². The van der Waals surface area contributed by atoms with Gasteiger partial charge in [-0.25, -0.2) is 4.79 Å². The molecule has 3 aromatic carbocycles. The van der Waals surface area contributed by atoms with E-state index in [2.05, 4.69) is 46.2 Å². The molecule has 282 valence electrons. The molecule has 2 fully saturated rings. The molecule has 3 N–H and O–H groups in total. The summed E-state index contributed by atoms with van der Waals surface area (Å²) in [6.45, 7) is 8.20. The molecule has 11 rings (SSSR count). The van der Waals surface area contributed by atoms with Gasteiger partial charge in [0, 0.05) is 70.5 Å². The third kappa shape index (κ3) is 4.43. The molecule has 7 atom stereocenters. The number of aromatic hydroxyl groups is 1. The third-order valence-electron chi connectivity index (χ3n) is 13.0. The summed E-state index contributed by atoms with van der Waals surface area (Å²) >= 11 is 1.65. The van der Waals surface area contributed by atoms with E-state index in [1.807, 2.05) is 32.0 Å². The summed E-state index contributed by atoms with van der Waals surface area (Å²) in [5.74, 6) is 1.76. The second-order valence-electron chi connectivity index (χ2n) is 15.6. The zero-order valence-electron chi connectivity index (χ0n) is 31.2. The van der Waals surface area contributed by atoms with E-state index in [0.717, 1.165) is 62.8 Å². The number of ether oxygens (including phenoxy) is 5. The summed E-state index contributed by atoms with van der Waals surface area (Å²) in [5.41, 5.74) is 6.94. The van der Waals surface area contributed by atoms with Gasteiger partial charge in [0.15, 0.2) is 28.5 Å². The largest absolute Gasteiger partial charge is 0.504 e. The van der Waals surface area contributed by atoms with E-state index >= 15 is 0 Å². The minimum atomic E-state index is -1.17. The van der Waals surface area contributed by atoms with E-state index in [-0.39, 0.29) is 54.5 Å². The van der Waals surface area contributed by atoms with Crippen molar-refractivity contribution in [2.75, 3.05) is 39.9 Å². The monoisotopic (exact) mass is 752 g/mol. The fourth-order valence-corrected chi connectivity index (χ4v) is 12.5. The molecular weight excluding hydrogens is 709 g/mol. The quantitative estimate of drug-likeness (QED) is 0.182. The fraction of sp³-hybridized carbons (Fsp3) is 0.463. The molecule has 4 aromatic rings. The SMILES string of the molecule is COc1c(C)cc2c(c1O)[C@@H]1C3[C@@H]4SC[C@]5(NCCc6c5[nH]c5ccccc65)C(=O)OCC(c5c6c(c(C)c(OC(C)=O)c54)OCO6)N3[C@@H](C)[C@H](C2)N1C. The lowest BCUT2D eigenvalue weighted by Gasteiger charge is -2.63. The highest BCUT2D eigenvalue weighted by molar-refractivity contribution is 7.99. The first-order valence-corrected chi connectivity index (χ1v) is 19.8. The number of aryl methyl sites for hydroxylation is 1. The number of H-pyrrole nitrogens is 1. The Balaban J connectivity index is 1.24. The van der Waals surface area contributed by atoms with Crippen molar-refractivity contribution in [2.45, 2.75) is 81.5 Å². The van der Waals surface area contributed by atoms with Gasteiger partial charge in [0.2, 0.25) is 6.79 Å². The number of carbonyl (C=O) groups excluding carboxylic acids is 2. The lowest BCUT2D eigenvalue weighted by Crippen LogP contribution is -2.69. The molecule has 2 saturated heterocycles. The summed E-state index contributed by atoms with van der Waals surface area (Å²) in [5, 5.41) is 16.5. The molecule has 0 amide bonds. The van der Waals surface area contributed by atoms with Crippen LogP contribution in [0.1, 0.15) is 75.8 Å². The van der Waals surface area contributed by atoms with Gasteiger partial charge in [-0.15, -0.1) is 11.8 Å². The molecule has 8 heterocycles. The minimum absolute atomic E-state index is 0.00754. The van der Waals surface area contributed by atoms with Crippen LogP contribution in [0.4, 0.5) is 0 Å². The molecular formula is C41H44N4O8S. The van der Waals surface area contributed by atoms with Gasteiger partial charge in [-0.05, 0) is 63.4 Å². The number of piperazine rings is 1. The number of hydrogen-bond acceptors (Lipinski definition) is 12. The Morgan fingerprint density at radius 2 is 1.89 bits per heavy atom. The minimum Gasteiger partial charge on any atom is -0.504 e. The van der Waals surface area contributed by atoms with Crippen LogP contribution >= 0.6 is 11.8 Å². The van der Waals surface area contributed by atoms with Crippen LogP contribution in [0.3, 0.4) is 0 Å². The van der Waals surface area contributed by atoms with Crippen LogP contribution in [0.2, 0.25) is 0 Å². The van der Waals surface area contributed by atoms with Gasteiger partial charge >= 0.3 is 11.9 Å². The first-order chi connectivity index (χ1) is 26.1. The topological polar surface area (TPSA) is 135 Å². The van der Waals surface area contributed by atoms with Crippen molar-refractivity contribution in [3.63, 3.8) is 0 Å². The van der Waals surface area contributed by atoms with Gasteiger partial charge < -0.3 is 33.8 Å². The summed E-state index contributed by atoms with van der Waals surface area (Å²) < 4.78 is 31.0. The maximum Gasteiger partial charge on any atom is 0.333 e. The number of thioether (sulfide) groups is 1. The fourth-order valence-electron chi connectivity index (χ4n) is 10.8. The number of rotatable bonds is 2. The highest BCUT2D eigenvalue weighted by Gasteiger charge is 2.61. The Kier molecular flexibility index (Phi) is 7.60. The second-order valence-corrected chi connectivity index (χ2v) is 16.7. The lowest BCUT2D eigenvalue weighted by molar-refractivity contribution is -0.158. The summed E-state index contributed by atoms with van der Waals surface area (Å²) in [7, 11) is 3.74. The maximum atomic E-state index is 14.8. The first-order valence-electron chi connectivity index (χ1n) is 18.7. The Bertz CT molecular complexity index is 2290. The number of aromatic nitrogens is 1. The number of hydrogen-bond donors (Lipinski definition) is 3. The molecule has 0 radical (unpaired) electrons. The standard InChI is InChI=1S/C41H44N4O8S/c1-18-13-22-14-26-20(3)45-27-15-50-40(48)41(39-24(11-12-42-41)23-9-7-8-10-25(23)43-39)16-54-38(32(45)31(44(26)5)28(22)33(47)34(18)49-6)30-29(27)37-36(51-17-52-37)19(2)35(30)53-21(4)46/h7-10,13,20,26-27,31-32,38,42-43,47H,11-12,14-17H2,1-6H3/t20-,26-,27?,31+,32?,38+,41+/m0/s1. The maximum absolute atomic E-state index is 14.8. The van der Waals surface area contributed by atoms with Gasteiger partial charge in [0.05, 0.1) is 30.1 Å². The second kappa shape index (κ2) is 12.0. The van der Waals surface area contributed by atoms with Crippen LogP contribution in [0.25, 0.3) is 10.9 Å². The molecule has 7 aliphatic heterocycles. The average Bonchev–Trinajstić information content (AvgIpc) is 3.80. The van der Waals surface area contributed by atoms with E-state index in [1.54, 1.807) is 18.9 Å². The highest BCUT2D eigenvalue weighted by Crippen LogP contribution is 2.64. The smallest absolute Gasteiger partial charge is 0.333 e. The van der Waals surface area contributed by atoms with Crippen molar-refractivity contribution >= 4 is 34.6 Å². The number of nitrogens with one attached hydrogen (secondary N) is 2. The number of fused-ring (bicyclic) bond motifs is 11. The Labute approximate surface area is 317 Å². The average molecular weight is 753 g/mol. The van der Waals surface area contributed by atoms with Crippen LogP contribution < -0.4 is 24.3 Å². The van der Waals surface area contributed by atoms with Gasteiger partial charge in [0.25, 0.3) is 0 Å². The molecule has 12 nitrogen and oxygen atoms in total. The number of methoxy groups -OCH3 is 1. The van der Waals surface area contributed by atoms with E-state index in [0.29, 0.717) is 40.9 Å². The number of likely N-dealkylation sites (N-methyl/N-ethyl adjacent to an activating group) is 1. The molecule has 7 aliphatic rings. The molecule has 4 bridgehead atoms. The molecule has 0 saturated carbocycles. The van der Waals surface area contributed by atoms with Gasteiger partial charge in [-0.3, -0.25) is 19.9 Å². The number of esters is 2. The van der Waals surface area contributed by atoms with E-state index < -0.39 is 17.6 Å². The number of nitrogens with zero attached hydrogens (tertiary/aromatic N) is 2. The normalized spacial score (nSPS) is 29.6. The Morgan fingerprint density at radius 3 is 2.69 bits per heavy atom. The van der Waals surface area contributed by atoms with E-state index in [1.165, 1.54) is 6.92 Å². The van der Waals surface area contributed by atoms with Crippen molar-refractivity contribution in [1.29, 1.82) is 0 Å². The summed E-state index contributed by atoms with van der Waals surface area (Å²) in [6, 6.07) is 9.38. The van der Waals surface area contributed by atoms with Crippen LogP contribution in [0, 0.1) is 13.8 Å². The molecule has 2 unspecified atom stereocenters. The predicted octanol–water partition coefficient (Wildman–Crippen LogP) is 5.25. The van der Waals surface area contributed by atoms with Gasteiger partial charge in [0.1, 0.15) is 12.4 Å². The third-order valence-corrected chi connectivity index (χ3v) is 14.5. The molecule has 0 aliphatic carbocycles. The van der Waals surface area contributed by atoms with Crippen LogP contribution in [0.15, 0.2) is 30.3 Å². The van der Waals surface area contributed by atoms with Gasteiger partial charge in [-0.1, -0.05) is 24.3 Å². The van der Waals surface area contributed by atoms with Crippen molar-refractivity contribution in [2.24, 2.45) is 0 Å². The highest BCUT2D eigenvalue weighted by atomic mass is 32.2. The zero-order chi connectivity index (χ0) is 37.4. The Morgan fingerprint density at radius 1 is 1.09 bits per heavy atom. The first kappa shape index (κ1) is 34.1. The number of benzene rings is 3. The predicted molar refractivity (Wildman–Crippen MR) is 202 cm³/mol. The summed E-state index contributed by atoms with van der Waals surface area (Å²) in [4.78, 5) is 36.3. The van der Waals surface area contributed by atoms with Crippen molar-refractivity contribution in [3.05, 3.63) is 75.0 Å². The number of phenolic OH excluding ortho intramolecular Hbond substituents is 1. The molecule has 1 spiro atoms. The molecule has 13 heteroatoms. The molecule has 54 heavy (non-hydrogen) atoms. The lowest BCUT2D eigenvalue weighted by atomic mass is 9.71. The van der Waals surface area contributed by atoms with Crippen LogP contribution in [0.5, 0.6) is 28.7 Å². The number of carbonyl (C=O) groups is 2. The van der Waals surface area contributed by atoms with Crippen molar-refractivity contribution < 1.29 is 38.4 Å². The van der Waals surface area contributed by atoms with E-state index in [4.69, 9.17) is 23.7 Å². The Hall–Kier alpha value is -4.43. The number of aromatic amines is 1. The summed E-state index contributed by atoms with van der Waals surface area (Å²) in [6.07, 6.45) is 1.50.